The number of carbonyl (C=O) groups is 1. The summed E-state index contributed by atoms with van der Waals surface area (Å²) in [5.41, 5.74) is 3.23. The van der Waals surface area contributed by atoms with E-state index >= 15 is 0 Å². The lowest BCUT2D eigenvalue weighted by molar-refractivity contribution is -0.116. The predicted molar refractivity (Wildman–Crippen MR) is 72.2 cm³/mol. The number of hydrogen-bond acceptors (Lipinski definition) is 3. The smallest absolute Gasteiger partial charge is 0.224 e. The molecule has 86 valence electrons. The highest BCUT2D eigenvalue weighted by molar-refractivity contribution is 9.10. The molecule has 5 heteroatoms. The van der Waals surface area contributed by atoms with Crippen LogP contribution in [0.3, 0.4) is 0 Å². The first-order valence-electron chi connectivity index (χ1n) is 5.26. The molecule has 0 fully saturated rings. The Morgan fingerprint density at radius 1 is 1.35 bits per heavy atom. The lowest BCUT2D eigenvalue weighted by Crippen LogP contribution is -2.18. The number of aromatic nitrogens is 1. The van der Waals surface area contributed by atoms with Crippen molar-refractivity contribution in [2.45, 2.75) is 12.8 Å². The van der Waals surface area contributed by atoms with Crippen LogP contribution in [0.4, 0.5) is 5.69 Å². The van der Waals surface area contributed by atoms with Gasteiger partial charge in [-0.2, -0.15) is 0 Å². The van der Waals surface area contributed by atoms with Crippen LogP contribution in [0.25, 0.3) is 10.6 Å². The molecular formula is C12H9BrN2OS. The van der Waals surface area contributed by atoms with E-state index in [1.807, 2.05) is 17.5 Å². The second-order valence-electron chi connectivity index (χ2n) is 3.90. The number of nitrogens with one attached hydrogen (secondary N) is 1. The highest BCUT2D eigenvalue weighted by atomic mass is 79.9. The van der Waals surface area contributed by atoms with Crippen molar-refractivity contribution in [2.75, 3.05) is 5.32 Å². The van der Waals surface area contributed by atoms with Crippen LogP contribution in [0, 0.1) is 0 Å². The minimum Gasteiger partial charge on any atom is -0.326 e. The molecule has 0 radical (unpaired) electrons. The van der Waals surface area contributed by atoms with Crippen LogP contribution in [0.2, 0.25) is 0 Å². The Hall–Kier alpha value is -1.20. The van der Waals surface area contributed by atoms with E-state index < -0.39 is 0 Å². The molecule has 17 heavy (non-hydrogen) atoms. The molecule has 0 spiro atoms. The average molecular weight is 309 g/mol. The number of aryl methyl sites for hydroxylation is 1. The fourth-order valence-corrected chi connectivity index (χ4v) is 3.15. The molecule has 0 unspecified atom stereocenters. The van der Waals surface area contributed by atoms with Crippen LogP contribution < -0.4 is 5.32 Å². The molecule has 1 aromatic carbocycles. The summed E-state index contributed by atoms with van der Waals surface area (Å²) in [5, 5.41) is 5.84. The summed E-state index contributed by atoms with van der Waals surface area (Å²) in [6.07, 6.45) is 1.37. The van der Waals surface area contributed by atoms with Crippen LogP contribution in [0.15, 0.2) is 28.2 Å². The van der Waals surface area contributed by atoms with Crippen molar-refractivity contribution in [1.82, 2.24) is 4.98 Å². The number of nitrogens with zero attached hydrogens (tertiary/aromatic N) is 1. The van der Waals surface area contributed by atoms with Gasteiger partial charge in [0.05, 0.1) is 0 Å². The van der Waals surface area contributed by atoms with E-state index in [2.05, 4.69) is 32.3 Å². The zero-order valence-corrected chi connectivity index (χ0v) is 11.3. The molecule has 1 N–H and O–H groups in total. The molecule has 0 saturated carbocycles. The van der Waals surface area contributed by atoms with E-state index in [-0.39, 0.29) is 5.91 Å². The van der Waals surface area contributed by atoms with Gasteiger partial charge in [-0.05, 0) is 46.1 Å². The van der Waals surface area contributed by atoms with Crippen LogP contribution in [0.1, 0.15) is 12.0 Å². The van der Waals surface area contributed by atoms with Gasteiger partial charge in [-0.25, -0.2) is 4.98 Å². The molecule has 1 aliphatic rings. The van der Waals surface area contributed by atoms with E-state index in [1.54, 1.807) is 11.3 Å². The highest BCUT2D eigenvalue weighted by Crippen LogP contribution is 2.31. The Bertz CT molecular complexity index is 594. The van der Waals surface area contributed by atoms with Crippen molar-refractivity contribution >= 4 is 38.9 Å². The van der Waals surface area contributed by atoms with Gasteiger partial charge in [-0.3, -0.25) is 4.79 Å². The second-order valence-corrected chi connectivity index (χ2v) is 5.57. The van der Waals surface area contributed by atoms with Crippen molar-refractivity contribution in [3.8, 4) is 10.6 Å². The van der Waals surface area contributed by atoms with E-state index in [4.69, 9.17) is 0 Å². The minimum atomic E-state index is 0.0993. The van der Waals surface area contributed by atoms with Gasteiger partial charge in [0, 0.05) is 23.1 Å². The fourth-order valence-electron chi connectivity index (χ4n) is 1.90. The highest BCUT2D eigenvalue weighted by Gasteiger charge is 2.15. The van der Waals surface area contributed by atoms with E-state index in [0.29, 0.717) is 6.42 Å². The van der Waals surface area contributed by atoms with Gasteiger partial charge in [0.2, 0.25) is 5.91 Å². The quantitative estimate of drug-likeness (QED) is 0.876. The van der Waals surface area contributed by atoms with Gasteiger partial charge < -0.3 is 5.32 Å². The Labute approximate surface area is 111 Å². The number of hydrogen-bond donors (Lipinski definition) is 1. The molecule has 1 aliphatic heterocycles. The molecular weight excluding hydrogens is 300 g/mol. The molecule has 0 aliphatic carbocycles. The van der Waals surface area contributed by atoms with Gasteiger partial charge >= 0.3 is 0 Å². The summed E-state index contributed by atoms with van der Waals surface area (Å²) in [5.74, 6) is 0.0993. The zero-order chi connectivity index (χ0) is 11.8. The number of carbonyl (C=O) groups excluding carboxylic acids is 1. The summed E-state index contributed by atoms with van der Waals surface area (Å²) in [4.78, 5) is 15.6. The lowest BCUT2D eigenvalue weighted by Gasteiger charge is -2.17. The molecule has 0 saturated heterocycles. The normalized spacial score (nSPS) is 14.3. The average Bonchev–Trinajstić information content (AvgIpc) is 2.75. The number of rotatable bonds is 1. The molecule has 3 rings (SSSR count). The van der Waals surface area contributed by atoms with E-state index in [0.717, 1.165) is 27.3 Å². The number of fused-ring (bicyclic) bond motifs is 1. The van der Waals surface area contributed by atoms with Gasteiger partial charge in [0.15, 0.2) is 0 Å². The third-order valence-corrected chi connectivity index (χ3v) is 4.32. The van der Waals surface area contributed by atoms with Gasteiger partial charge in [-0.1, -0.05) is 0 Å². The van der Waals surface area contributed by atoms with Gasteiger partial charge in [-0.15, -0.1) is 11.3 Å². The summed E-state index contributed by atoms with van der Waals surface area (Å²) in [6.45, 7) is 0. The minimum absolute atomic E-state index is 0.0993. The lowest BCUT2D eigenvalue weighted by atomic mass is 10.0. The first-order valence-corrected chi connectivity index (χ1v) is 6.94. The van der Waals surface area contributed by atoms with E-state index in [9.17, 15) is 4.79 Å². The molecule has 1 amide bonds. The number of thiazole rings is 1. The van der Waals surface area contributed by atoms with Crippen molar-refractivity contribution in [3.63, 3.8) is 0 Å². The Morgan fingerprint density at radius 2 is 2.24 bits per heavy atom. The summed E-state index contributed by atoms with van der Waals surface area (Å²) < 4.78 is 0.864. The first kappa shape index (κ1) is 10.9. The monoisotopic (exact) mass is 308 g/mol. The van der Waals surface area contributed by atoms with Crippen LogP contribution in [0.5, 0.6) is 0 Å². The summed E-state index contributed by atoms with van der Waals surface area (Å²) in [7, 11) is 0. The molecule has 1 aromatic heterocycles. The topological polar surface area (TPSA) is 42.0 Å². The third kappa shape index (κ3) is 2.12. The summed E-state index contributed by atoms with van der Waals surface area (Å²) in [6, 6.07) is 6.06. The number of benzene rings is 1. The Morgan fingerprint density at radius 3 is 3.00 bits per heavy atom. The summed E-state index contributed by atoms with van der Waals surface area (Å²) >= 11 is 4.96. The Balaban J connectivity index is 2.01. The predicted octanol–water partition coefficient (Wildman–Crippen LogP) is 3.46. The van der Waals surface area contributed by atoms with Crippen molar-refractivity contribution < 1.29 is 4.79 Å². The van der Waals surface area contributed by atoms with Gasteiger partial charge in [0.1, 0.15) is 9.61 Å². The van der Waals surface area contributed by atoms with Crippen LogP contribution in [-0.4, -0.2) is 10.9 Å². The van der Waals surface area contributed by atoms with Crippen LogP contribution >= 0.6 is 27.3 Å². The maximum atomic E-state index is 11.3. The standard InChI is InChI=1S/C12H9BrN2OS/c13-10-6-17-12(15-10)8-1-3-9-7(5-8)2-4-11(16)14-9/h1,3,5-6H,2,4H2,(H,14,16). The first-order chi connectivity index (χ1) is 8.22. The molecule has 3 nitrogen and oxygen atoms in total. The molecule has 2 heterocycles. The molecule has 2 aromatic rings. The third-order valence-electron chi connectivity index (χ3n) is 2.72. The molecule has 0 bridgehead atoms. The SMILES string of the molecule is O=C1CCc2cc(-c3nc(Br)cs3)ccc2N1. The zero-order valence-electron chi connectivity index (χ0n) is 8.87. The number of halogens is 1. The van der Waals surface area contributed by atoms with Crippen molar-refractivity contribution in [1.29, 1.82) is 0 Å². The van der Waals surface area contributed by atoms with Gasteiger partial charge in [0.25, 0.3) is 0 Å². The van der Waals surface area contributed by atoms with E-state index in [1.165, 1.54) is 5.56 Å². The number of amides is 1. The van der Waals surface area contributed by atoms with Crippen molar-refractivity contribution in [2.24, 2.45) is 0 Å². The van der Waals surface area contributed by atoms with Crippen LogP contribution in [-0.2, 0) is 11.2 Å². The maximum absolute atomic E-state index is 11.3. The molecule has 0 atom stereocenters. The Kier molecular flexibility index (Phi) is 2.72. The fraction of sp³-hybridized carbons (Fsp3) is 0.167. The second kappa shape index (κ2) is 4.23. The maximum Gasteiger partial charge on any atom is 0.224 e. The van der Waals surface area contributed by atoms with Crippen molar-refractivity contribution in [3.05, 3.63) is 33.7 Å². The number of anilines is 1. The largest absolute Gasteiger partial charge is 0.326 e.